The molecule has 0 spiro atoms. The Hall–Kier alpha value is -1.21. The van der Waals surface area contributed by atoms with Gasteiger partial charge >= 0.3 is 6.09 Å². The molecule has 1 aliphatic heterocycles. The Bertz CT molecular complexity index is 533. The molecule has 1 heterocycles. The van der Waals surface area contributed by atoms with Gasteiger partial charge in [0.05, 0.1) is 12.6 Å². The number of unbranched alkanes of at least 4 members (excludes halogenated alkanes) is 1. The molecule has 0 saturated carbocycles. The van der Waals surface area contributed by atoms with Crippen LogP contribution in [0, 0.1) is 0 Å². The van der Waals surface area contributed by atoms with Crippen molar-refractivity contribution in [1.29, 1.82) is 0 Å². The Morgan fingerprint density at radius 3 is 2.27 bits per heavy atom. The van der Waals surface area contributed by atoms with Crippen LogP contribution in [0.1, 0.15) is 60.8 Å². The highest BCUT2D eigenvalue weighted by molar-refractivity contribution is 6.74. The average molecular weight is 386 g/mol. The second-order valence-corrected chi connectivity index (χ2v) is 14.3. The summed E-state index contributed by atoms with van der Waals surface area (Å²) in [5.74, 6) is -0.0772. The summed E-state index contributed by atoms with van der Waals surface area (Å²) in [5, 5.41) is -0.0281. The summed E-state index contributed by atoms with van der Waals surface area (Å²) in [6.07, 6.45) is 1.11. The SMILES string of the molecule is CC(C)(C)OC(=O)N1C[C@H](O[Si](C)(C)C(C)(C)C)C(=O)[C@@H]1CCCC=O. The minimum Gasteiger partial charge on any atom is -0.444 e. The van der Waals surface area contributed by atoms with Crippen molar-refractivity contribution in [3.8, 4) is 0 Å². The molecule has 7 heteroatoms. The van der Waals surface area contributed by atoms with Crippen molar-refractivity contribution in [3.05, 3.63) is 0 Å². The molecule has 1 rings (SSSR count). The van der Waals surface area contributed by atoms with Gasteiger partial charge in [-0.15, -0.1) is 0 Å². The number of hydrogen-bond donors (Lipinski definition) is 0. The zero-order valence-corrected chi connectivity index (χ0v) is 18.5. The minimum absolute atomic E-state index is 0.0281. The smallest absolute Gasteiger partial charge is 0.411 e. The molecule has 2 atom stereocenters. The molecule has 26 heavy (non-hydrogen) atoms. The van der Waals surface area contributed by atoms with E-state index in [1.165, 1.54) is 4.90 Å². The fraction of sp³-hybridized carbons (Fsp3) is 0.842. The fourth-order valence-electron chi connectivity index (χ4n) is 2.61. The molecule has 1 saturated heterocycles. The Balaban J connectivity index is 2.98. The molecule has 0 aliphatic carbocycles. The summed E-state index contributed by atoms with van der Waals surface area (Å²) in [4.78, 5) is 37.6. The zero-order chi connectivity index (χ0) is 20.3. The lowest BCUT2D eigenvalue weighted by Gasteiger charge is -2.37. The van der Waals surface area contributed by atoms with E-state index in [2.05, 4.69) is 33.9 Å². The first-order valence-corrected chi connectivity index (χ1v) is 12.3. The number of carbonyl (C=O) groups excluding carboxylic acids is 3. The summed E-state index contributed by atoms with van der Waals surface area (Å²) in [5.41, 5.74) is -0.633. The maximum Gasteiger partial charge on any atom is 0.411 e. The van der Waals surface area contributed by atoms with Crippen molar-refractivity contribution in [1.82, 2.24) is 4.90 Å². The molecular weight excluding hydrogens is 350 g/mol. The lowest BCUT2D eigenvalue weighted by atomic mass is 10.1. The number of ether oxygens (including phenoxy) is 1. The first kappa shape index (κ1) is 22.8. The van der Waals surface area contributed by atoms with Crippen molar-refractivity contribution in [2.45, 2.75) is 96.7 Å². The third-order valence-corrected chi connectivity index (χ3v) is 9.54. The summed E-state index contributed by atoms with van der Waals surface area (Å²) >= 11 is 0. The van der Waals surface area contributed by atoms with Crippen LogP contribution in [-0.2, 0) is 18.8 Å². The monoisotopic (exact) mass is 385 g/mol. The van der Waals surface area contributed by atoms with Crippen LogP contribution in [0.2, 0.25) is 18.1 Å². The maximum atomic E-state index is 12.9. The molecule has 0 N–H and O–H groups in total. The number of aldehydes is 1. The van der Waals surface area contributed by atoms with Gasteiger partial charge in [-0.1, -0.05) is 20.8 Å². The van der Waals surface area contributed by atoms with E-state index >= 15 is 0 Å². The van der Waals surface area contributed by atoms with Crippen molar-refractivity contribution in [2.24, 2.45) is 0 Å². The fourth-order valence-corrected chi connectivity index (χ4v) is 3.86. The lowest BCUT2D eigenvalue weighted by molar-refractivity contribution is -0.125. The minimum atomic E-state index is -2.15. The number of rotatable bonds is 6. The van der Waals surface area contributed by atoms with E-state index in [0.717, 1.165) is 6.29 Å². The maximum absolute atomic E-state index is 12.9. The molecule has 0 aromatic carbocycles. The third-order valence-electron chi connectivity index (χ3n) is 5.06. The molecule has 0 aromatic heterocycles. The normalized spacial score (nSPS) is 21.8. The van der Waals surface area contributed by atoms with Crippen molar-refractivity contribution >= 4 is 26.5 Å². The van der Waals surface area contributed by atoms with Crippen molar-refractivity contribution in [3.63, 3.8) is 0 Å². The van der Waals surface area contributed by atoms with Crippen molar-refractivity contribution in [2.75, 3.05) is 6.54 Å². The molecule has 0 radical (unpaired) electrons. The Morgan fingerprint density at radius 2 is 1.81 bits per heavy atom. The summed E-state index contributed by atoms with van der Waals surface area (Å²) < 4.78 is 11.8. The second kappa shape index (κ2) is 8.21. The average Bonchev–Trinajstić information content (AvgIpc) is 2.73. The standard InChI is InChI=1S/C19H35NO5Si/c1-18(2,3)24-17(23)20-13-15(25-26(7,8)19(4,5)6)16(22)14(20)11-9-10-12-21/h12,14-15H,9-11,13H2,1-8H3/t14-,15-/m0/s1. The van der Waals surface area contributed by atoms with E-state index in [4.69, 9.17) is 9.16 Å². The van der Waals surface area contributed by atoms with E-state index in [0.29, 0.717) is 19.3 Å². The largest absolute Gasteiger partial charge is 0.444 e. The Kier molecular flexibility index (Phi) is 7.21. The topological polar surface area (TPSA) is 72.9 Å². The van der Waals surface area contributed by atoms with Crippen LogP contribution in [0.5, 0.6) is 0 Å². The van der Waals surface area contributed by atoms with E-state index in [-0.39, 0.29) is 17.4 Å². The molecule has 0 unspecified atom stereocenters. The number of likely N-dealkylation sites (tertiary alicyclic amines) is 1. The van der Waals surface area contributed by atoms with Crippen molar-refractivity contribution < 1.29 is 23.5 Å². The van der Waals surface area contributed by atoms with E-state index in [1.54, 1.807) is 20.8 Å². The molecule has 1 fully saturated rings. The van der Waals surface area contributed by atoms with Gasteiger partial charge in [0.25, 0.3) is 0 Å². The molecular formula is C19H35NO5Si. The number of nitrogens with zero attached hydrogens (tertiary/aromatic N) is 1. The summed E-state index contributed by atoms with van der Waals surface area (Å²) in [7, 11) is -2.15. The van der Waals surface area contributed by atoms with Gasteiger partial charge in [-0.25, -0.2) is 4.79 Å². The van der Waals surface area contributed by atoms with Gasteiger partial charge in [-0.2, -0.15) is 0 Å². The zero-order valence-electron chi connectivity index (χ0n) is 17.5. The quantitative estimate of drug-likeness (QED) is 0.393. The first-order chi connectivity index (χ1) is 11.7. The Labute approximate surface area is 158 Å². The molecule has 0 bridgehead atoms. The highest BCUT2D eigenvalue weighted by Gasteiger charge is 2.48. The van der Waals surface area contributed by atoms with Gasteiger partial charge in [-0.05, 0) is 51.7 Å². The van der Waals surface area contributed by atoms with E-state index < -0.39 is 32.2 Å². The third kappa shape index (κ3) is 5.91. The predicted molar refractivity (Wildman–Crippen MR) is 104 cm³/mol. The second-order valence-electron chi connectivity index (χ2n) is 9.52. The van der Waals surface area contributed by atoms with Gasteiger partial charge in [-0.3, -0.25) is 9.69 Å². The van der Waals surface area contributed by atoms with E-state index in [9.17, 15) is 14.4 Å². The molecule has 1 amide bonds. The molecule has 6 nitrogen and oxygen atoms in total. The molecule has 150 valence electrons. The summed E-state index contributed by atoms with van der Waals surface area (Å²) in [6.45, 7) is 16.2. The van der Waals surface area contributed by atoms with Crippen LogP contribution in [-0.4, -0.2) is 55.7 Å². The van der Waals surface area contributed by atoms with Crippen LogP contribution >= 0.6 is 0 Å². The van der Waals surface area contributed by atoms with Gasteiger partial charge < -0.3 is 14.0 Å². The molecule has 1 aliphatic rings. The first-order valence-electron chi connectivity index (χ1n) is 9.34. The number of Topliss-reactive ketones (excluding diaryl/α,β-unsaturated/α-hetero) is 1. The van der Waals surface area contributed by atoms with Crippen LogP contribution in [0.25, 0.3) is 0 Å². The summed E-state index contributed by atoms with van der Waals surface area (Å²) in [6, 6.07) is -0.584. The van der Waals surface area contributed by atoms with Crippen LogP contribution in [0.15, 0.2) is 0 Å². The predicted octanol–water partition coefficient (Wildman–Crippen LogP) is 3.93. The number of ketones is 1. The van der Waals surface area contributed by atoms with Crippen LogP contribution < -0.4 is 0 Å². The number of carbonyl (C=O) groups is 3. The van der Waals surface area contributed by atoms with Gasteiger partial charge in [0.2, 0.25) is 0 Å². The highest BCUT2D eigenvalue weighted by atomic mass is 28.4. The van der Waals surface area contributed by atoms with E-state index in [1.807, 2.05) is 0 Å². The lowest BCUT2D eigenvalue weighted by Crippen LogP contribution is -2.46. The van der Waals surface area contributed by atoms with Crippen LogP contribution in [0.4, 0.5) is 4.79 Å². The number of amides is 1. The van der Waals surface area contributed by atoms with Crippen LogP contribution in [0.3, 0.4) is 0 Å². The highest BCUT2D eigenvalue weighted by Crippen LogP contribution is 2.38. The van der Waals surface area contributed by atoms with Gasteiger partial charge in [0.1, 0.15) is 18.0 Å². The number of hydrogen-bond acceptors (Lipinski definition) is 5. The molecule has 0 aromatic rings. The van der Waals surface area contributed by atoms with Gasteiger partial charge in [0.15, 0.2) is 14.1 Å². The van der Waals surface area contributed by atoms with Gasteiger partial charge in [0, 0.05) is 6.42 Å². The Morgan fingerprint density at radius 1 is 1.23 bits per heavy atom.